The van der Waals surface area contributed by atoms with Crippen molar-refractivity contribution in [1.29, 1.82) is 0 Å². The molecule has 10 heteroatoms. The summed E-state index contributed by atoms with van der Waals surface area (Å²) in [5.41, 5.74) is 1.97. The van der Waals surface area contributed by atoms with E-state index in [9.17, 15) is 13.2 Å². The minimum Gasteiger partial charge on any atom is -0.369 e. The van der Waals surface area contributed by atoms with Gasteiger partial charge in [0, 0.05) is 49.2 Å². The normalized spacial score (nSPS) is 20.0. The molecule has 0 spiro atoms. The molecule has 5 nitrogen and oxygen atoms in total. The van der Waals surface area contributed by atoms with Crippen LogP contribution in [0, 0.1) is 0 Å². The van der Waals surface area contributed by atoms with E-state index in [1.165, 1.54) is 4.68 Å². The lowest BCUT2D eigenvalue weighted by molar-refractivity contribution is -0.141. The molecule has 1 atom stereocenters. The van der Waals surface area contributed by atoms with E-state index in [4.69, 9.17) is 23.2 Å². The maximum Gasteiger partial charge on any atom is 0.435 e. The van der Waals surface area contributed by atoms with E-state index < -0.39 is 17.9 Å². The molecule has 1 aromatic heterocycles. The van der Waals surface area contributed by atoms with Crippen molar-refractivity contribution in [2.75, 3.05) is 38.5 Å². The molecule has 2 aromatic rings. The van der Waals surface area contributed by atoms with Crippen molar-refractivity contribution in [2.45, 2.75) is 19.1 Å². The van der Waals surface area contributed by atoms with Crippen molar-refractivity contribution in [2.24, 2.45) is 0 Å². The Morgan fingerprint density at radius 1 is 1.13 bits per heavy atom. The third-order valence-electron chi connectivity index (χ3n) is 5.72. The molecule has 0 amide bonds. The van der Waals surface area contributed by atoms with Crippen LogP contribution < -0.4 is 5.32 Å². The van der Waals surface area contributed by atoms with Crippen molar-refractivity contribution in [1.82, 2.24) is 19.6 Å². The van der Waals surface area contributed by atoms with Crippen LogP contribution in [0.2, 0.25) is 10.0 Å². The molecule has 0 bridgehead atoms. The van der Waals surface area contributed by atoms with Crippen LogP contribution in [0.4, 0.5) is 19.0 Å². The van der Waals surface area contributed by atoms with Gasteiger partial charge in [0.05, 0.1) is 10.0 Å². The lowest BCUT2D eigenvalue weighted by atomic mass is 9.92. The van der Waals surface area contributed by atoms with Crippen LogP contribution >= 0.6 is 23.2 Å². The van der Waals surface area contributed by atoms with E-state index in [0.29, 0.717) is 15.6 Å². The summed E-state index contributed by atoms with van der Waals surface area (Å²) >= 11 is 12.3. The average Bonchev–Trinajstić information content (AvgIpc) is 3.13. The Labute approximate surface area is 188 Å². The van der Waals surface area contributed by atoms with Gasteiger partial charge in [0.2, 0.25) is 0 Å². The smallest absolute Gasteiger partial charge is 0.369 e. The van der Waals surface area contributed by atoms with Crippen LogP contribution in [-0.2, 0) is 6.18 Å². The third kappa shape index (κ3) is 4.16. The van der Waals surface area contributed by atoms with Crippen molar-refractivity contribution < 1.29 is 13.2 Å². The number of fused-ring (bicyclic) bond motifs is 1. The molecule has 31 heavy (non-hydrogen) atoms. The molecule has 1 aromatic carbocycles. The van der Waals surface area contributed by atoms with E-state index >= 15 is 0 Å². The molecular weight excluding hydrogens is 450 g/mol. The quantitative estimate of drug-likeness (QED) is 0.662. The molecule has 166 valence electrons. The van der Waals surface area contributed by atoms with Crippen LogP contribution in [0.15, 0.2) is 47.8 Å². The fourth-order valence-electron chi connectivity index (χ4n) is 4.02. The minimum absolute atomic E-state index is 0.260. The average molecular weight is 472 g/mol. The van der Waals surface area contributed by atoms with Gasteiger partial charge in [-0.1, -0.05) is 35.8 Å². The maximum absolute atomic E-state index is 13.4. The number of rotatable bonds is 3. The largest absolute Gasteiger partial charge is 0.435 e. The first kappa shape index (κ1) is 22.0. The van der Waals surface area contributed by atoms with E-state index in [0.717, 1.165) is 49.2 Å². The second kappa shape index (κ2) is 8.07. The number of hydrogen-bond acceptors (Lipinski definition) is 4. The molecule has 1 unspecified atom stereocenters. The van der Waals surface area contributed by atoms with Gasteiger partial charge in [-0.3, -0.25) is 0 Å². The number of anilines is 1. The van der Waals surface area contributed by atoms with E-state index in [2.05, 4.69) is 33.8 Å². The van der Waals surface area contributed by atoms with Crippen molar-refractivity contribution in [3.63, 3.8) is 0 Å². The highest BCUT2D eigenvalue weighted by atomic mass is 35.5. The molecule has 2 aliphatic heterocycles. The topological polar surface area (TPSA) is 36.3 Å². The number of nitrogens with one attached hydrogen (secondary N) is 1. The molecule has 0 aliphatic carbocycles. The Bertz CT molecular complexity index is 1050. The van der Waals surface area contributed by atoms with Gasteiger partial charge >= 0.3 is 6.18 Å². The number of halogens is 5. The Morgan fingerprint density at radius 2 is 1.81 bits per heavy atom. The first-order chi connectivity index (χ1) is 14.6. The molecule has 1 fully saturated rings. The summed E-state index contributed by atoms with van der Waals surface area (Å²) in [5, 5.41) is 7.68. The van der Waals surface area contributed by atoms with Crippen molar-refractivity contribution in [3.8, 4) is 0 Å². The fourth-order valence-corrected chi connectivity index (χ4v) is 4.33. The van der Waals surface area contributed by atoms with Crippen molar-refractivity contribution >= 4 is 29.0 Å². The molecule has 4 rings (SSSR count). The highest BCUT2D eigenvalue weighted by molar-refractivity contribution is 6.42. The van der Waals surface area contributed by atoms with Gasteiger partial charge in [-0.25, -0.2) is 4.68 Å². The molecule has 1 saturated heterocycles. The summed E-state index contributed by atoms with van der Waals surface area (Å²) in [4.78, 5) is 4.38. The predicted molar refractivity (Wildman–Crippen MR) is 116 cm³/mol. The minimum atomic E-state index is -4.56. The predicted octanol–water partition coefficient (Wildman–Crippen LogP) is 5.26. The maximum atomic E-state index is 13.4. The standard InChI is InChI=1S/C21H22Cl2F3N5/c1-12-19(13(2)30-8-6-29(3)7-9-30)20(14-4-5-15(22)16(23)10-14)31-18(27-12)11-17(28-31)21(24,25)26/h4-5,10-11,20,27H,2,6-9H2,1,3H3. The van der Waals surface area contributed by atoms with Gasteiger partial charge in [0.1, 0.15) is 11.9 Å². The Kier molecular flexibility index (Phi) is 5.74. The van der Waals surface area contributed by atoms with Crippen LogP contribution in [0.1, 0.15) is 24.2 Å². The van der Waals surface area contributed by atoms with Gasteiger partial charge < -0.3 is 15.1 Å². The number of nitrogens with zero attached hydrogens (tertiary/aromatic N) is 4. The highest BCUT2D eigenvalue weighted by Gasteiger charge is 2.39. The lowest BCUT2D eigenvalue weighted by Crippen LogP contribution is -2.44. The van der Waals surface area contributed by atoms with Crippen molar-refractivity contribution in [3.05, 3.63) is 69.1 Å². The van der Waals surface area contributed by atoms with Crippen LogP contribution in [-0.4, -0.2) is 52.8 Å². The summed E-state index contributed by atoms with van der Waals surface area (Å²) in [5.74, 6) is 0.260. The first-order valence-corrected chi connectivity index (χ1v) is 10.5. The SMILES string of the molecule is C=C(C1=C(C)Nc2cc(C(F)(F)F)nn2C1c1ccc(Cl)c(Cl)c1)N1CCN(C)CC1. The van der Waals surface area contributed by atoms with Gasteiger partial charge in [-0.2, -0.15) is 18.3 Å². The zero-order chi connectivity index (χ0) is 22.5. The van der Waals surface area contributed by atoms with Crippen LogP contribution in [0.5, 0.6) is 0 Å². The number of allylic oxidation sites excluding steroid dienone is 2. The molecule has 2 aliphatic rings. The summed E-state index contributed by atoms with van der Waals surface area (Å²) in [7, 11) is 2.06. The molecule has 0 saturated carbocycles. The summed E-state index contributed by atoms with van der Waals surface area (Å²) in [6.07, 6.45) is -4.56. The van der Waals surface area contributed by atoms with Gasteiger partial charge in [-0.05, 0) is 31.7 Å². The summed E-state index contributed by atoms with van der Waals surface area (Å²) < 4.78 is 41.6. The Morgan fingerprint density at radius 3 is 2.42 bits per heavy atom. The van der Waals surface area contributed by atoms with Gasteiger partial charge in [0.25, 0.3) is 0 Å². The lowest BCUT2D eigenvalue weighted by Gasteiger charge is -2.39. The second-order valence-corrected chi connectivity index (χ2v) is 8.65. The second-order valence-electron chi connectivity index (χ2n) is 7.83. The van der Waals surface area contributed by atoms with Crippen LogP contribution in [0.25, 0.3) is 0 Å². The first-order valence-electron chi connectivity index (χ1n) is 9.78. The van der Waals surface area contributed by atoms with Gasteiger partial charge in [0.15, 0.2) is 5.69 Å². The fraction of sp³-hybridized carbons (Fsp3) is 0.381. The third-order valence-corrected chi connectivity index (χ3v) is 6.46. The van der Waals surface area contributed by atoms with E-state index in [1.54, 1.807) is 18.2 Å². The zero-order valence-corrected chi connectivity index (χ0v) is 18.6. The molecular formula is C21H22Cl2F3N5. The molecule has 1 N–H and O–H groups in total. The molecule has 3 heterocycles. The highest BCUT2D eigenvalue weighted by Crippen LogP contribution is 2.43. The number of aromatic nitrogens is 2. The number of benzene rings is 1. The Balaban J connectivity index is 1.83. The number of piperazine rings is 1. The number of hydrogen-bond donors (Lipinski definition) is 1. The van der Waals surface area contributed by atoms with Crippen LogP contribution in [0.3, 0.4) is 0 Å². The van der Waals surface area contributed by atoms with Gasteiger partial charge in [-0.15, -0.1) is 0 Å². The Hall–Kier alpha value is -2.16. The monoisotopic (exact) mass is 471 g/mol. The molecule has 0 radical (unpaired) electrons. The van der Waals surface area contributed by atoms with E-state index in [1.807, 2.05) is 6.92 Å². The number of likely N-dealkylation sites (N-methyl/N-ethyl adjacent to an activating group) is 1. The zero-order valence-electron chi connectivity index (χ0n) is 17.1. The summed E-state index contributed by atoms with van der Waals surface area (Å²) in [6.45, 7) is 9.46. The van der Waals surface area contributed by atoms with E-state index in [-0.39, 0.29) is 5.82 Å². The summed E-state index contributed by atoms with van der Waals surface area (Å²) in [6, 6.07) is 5.45. The number of alkyl halides is 3.